The second-order valence-electron chi connectivity index (χ2n) is 5.12. The molecule has 0 unspecified atom stereocenters. The van der Waals surface area contributed by atoms with Crippen LogP contribution in [0.15, 0.2) is 28.7 Å². The number of aryl methyl sites for hydroxylation is 1. The van der Waals surface area contributed by atoms with Crippen LogP contribution in [0.25, 0.3) is 11.1 Å². The summed E-state index contributed by atoms with van der Waals surface area (Å²) in [6.07, 6.45) is 5.71. The smallest absolute Gasteiger partial charge is 0.220 e. The van der Waals surface area contributed by atoms with Gasteiger partial charge in [-0.3, -0.25) is 4.79 Å². The molecule has 2 aromatic rings. The van der Waals surface area contributed by atoms with Crippen molar-refractivity contribution in [2.24, 2.45) is 0 Å². The van der Waals surface area contributed by atoms with Gasteiger partial charge >= 0.3 is 0 Å². The van der Waals surface area contributed by atoms with Crippen molar-refractivity contribution < 1.29 is 9.21 Å². The Bertz CT molecular complexity index is 537. The molecule has 0 spiro atoms. The van der Waals surface area contributed by atoms with Crippen LogP contribution in [0.4, 0.5) is 0 Å². The third-order valence-corrected chi connectivity index (χ3v) is 3.62. The maximum Gasteiger partial charge on any atom is 0.220 e. The molecular weight excluding hydrogens is 240 g/mol. The van der Waals surface area contributed by atoms with Gasteiger partial charge in [-0.25, -0.2) is 4.98 Å². The van der Waals surface area contributed by atoms with Crippen LogP contribution in [-0.2, 0) is 11.2 Å². The Kier molecular flexibility index (Phi) is 3.49. The van der Waals surface area contributed by atoms with Crippen molar-refractivity contribution in [1.29, 1.82) is 0 Å². The molecule has 1 heterocycles. The topological polar surface area (TPSA) is 55.1 Å². The number of benzene rings is 1. The monoisotopic (exact) mass is 258 g/mol. The average Bonchev–Trinajstić information content (AvgIpc) is 3.04. The molecule has 1 aliphatic rings. The minimum Gasteiger partial charge on any atom is -0.441 e. The molecule has 0 bridgehead atoms. The van der Waals surface area contributed by atoms with Crippen molar-refractivity contribution in [3.05, 3.63) is 30.2 Å². The Labute approximate surface area is 112 Å². The molecule has 0 aliphatic heterocycles. The number of hydrogen-bond acceptors (Lipinski definition) is 3. The molecule has 1 aromatic carbocycles. The normalized spacial score (nSPS) is 16.0. The van der Waals surface area contributed by atoms with Gasteiger partial charge in [-0.15, -0.1) is 0 Å². The summed E-state index contributed by atoms with van der Waals surface area (Å²) in [5, 5.41) is 3.07. The number of carbonyl (C=O) groups excluding carboxylic acids is 1. The van der Waals surface area contributed by atoms with Crippen LogP contribution in [0, 0.1) is 0 Å². The highest BCUT2D eigenvalue weighted by atomic mass is 16.3. The van der Waals surface area contributed by atoms with E-state index in [-0.39, 0.29) is 5.91 Å². The first-order chi connectivity index (χ1) is 9.31. The molecule has 1 amide bonds. The van der Waals surface area contributed by atoms with Crippen molar-refractivity contribution in [2.75, 3.05) is 0 Å². The van der Waals surface area contributed by atoms with E-state index in [1.54, 1.807) is 0 Å². The van der Waals surface area contributed by atoms with Crippen LogP contribution in [-0.4, -0.2) is 16.9 Å². The lowest BCUT2D eigenvalue weighted by Crippen LogP contribution is -2.32. The number of amides is 1. The summed E-state index contributed by atoms with van der Waals surface area (Å²) < 4.78 is 5.60. The maximum absolute atomic E-state index is 11.8. The van der Waals surface area contributed by atoms with Crippen molar-refractivity contribution in [3.8, 4) is 0 Å². The molecule has 19 heavy (non-hydrogen) atoms. The van der Waals surface area contributed by atoms with Crippen LogP contribution in [0.2, 0.25) is 0 Å². The van der Waals surface area contributed by atoms with Crippen LogP contribution >= 0.6 is 0 Å². The van der Waals surface area contributed by atoms with Gasteiger partial charge in [-0.05, 0) is 25.0 Å². The van der Waals surface area contributed by atoms with Gasteiger partial charge in [0.1, 0.15) is 5.52 Å². The number of para-hydroxylation sites is 2. The first-order valence-electron chi connectivity index (χ1n) is 6.95. The predicted octanol–water partition coefficient (Wildman–Crippen LogP) is 2.82. The lowest BCUT2D eigenvalue weighted by molar-refractivity contribution is -0.121. The van der Waals surface area contributed by atoms with E-state index >= 15 is 0 Å². The number of hydrogen-bond donors (Lipinski definition) is 1. The van der Waals surface area contributed by atoms with Crippen molar-refractivity contribution in [1.82, 2.24) is 10.3 Å². The lowest BCUT2D eigenvalue weighted by Gasteiger charge is -2.10. The minimum absolute atomic E-state index is 0.106. The van der Waals surface area contributed by atoms with Crippen LogP contribution in [0.5, 0.6) is 0 Å². The summed E-state index contributed by atoms with van der Waals surface area (Å²) in [5.74, 6) is 0.747. The molecule has 1 saturated carbocycles. The van der Waals surface area contributed by atoms with Crippen LogP contribution in [0.1, 0.15) is 38.0 Å². The number of carbonyl (C=O) groups is 1. The van der Waals surface area contributed by atoms with Gasteiger partial charge in [0.15, 0.2) is 11.5 Å². The first-order valence-corrected chi connectivity index (χ1v) is 6.95. The molecule has 3 rings (SSSR count). The number of oxazole rings is 1. The van der Waals surface area contributed by atoms with E-state index in [9.17, 15) is 4.79 Å². The van der Waals surface area contributed by atoms with E-state index in [0.717, 1.165) is 23.9 Å². The molecule has 0 atom stereocenters. The van der Waals surface area contributed by atoms with Crippen molar-refractivity contribution in [3.63, 3.8) is 0 Å². The fraction of sp³-hybridized carbons (Fsp3) is 0.467. The quantitative estimate of drug-likeness (QED) is 0.917. The maximum atomic E-state index is 11.8. The van der Waals surface area contributed by atoms with E-state index in [1.165, 1.54) is 12.8 Å². The Morgan fingerprint density at radius 1 is 1.32 bits per heavy atom. The zero-order chi connectivity index (χ0) is 13.1. The second kappa shape index (κ2) is 5.43. The van der Waals surface area contributed by atoms with Gasteiger partial charge in [0.25, 0.3) is 0 Å². The largest absolute Gasteiger partial charge is 0.441 e. The molecule has 0 saturated heterocycles. The summed E-state index contributed by atoms with van der Waals surface area (Å²) >= 11 is 0. The number of aromatic nitrogens is 1. The van der Waals surface area contributed by atoms with Crippen LogP contribution in [0.3, 0.4) is 0 Å². The average molecular weight is 258 g/mol. The van der Waals surface area contributed by atoms with Gasteiger partial charge in [-0.2, -0.15) is 0 Å². The number of nitrogens with one attached hydrogen (secondary N) is 1. The van der Waals surface area contributed by atoms with Gasteiger partial charge in [-0.1, -0.05) is 25.0 Å². The predicted molar refractivity (Wildman–Crippen MR) is 72.7 cm³/mol. The van der Waals surface area contributed by atoms with Gasteiger partial charge in [0, 0.05) is 18.9 Å². The van der Waals surface area contributed by atoms with Gasteiger partial charge in [0.05, 0.1) is 0 Å². The van der Waals surface area contributed by atoms with Crippen LogP contribution < -0.4 is 5.32 Å². The molecule has 0 radical (unpaired) electrons. The Hall–Kier alpha value is -1.84. The highest BCUT2D eigenvalue weighted by molar-refractivity contribution is 5.76. The summed E-state index contributed by atoms with van der Waals surface area (Å²) in [4.78, 5) is 16.2. The summed E-state index contributed by atoms with van der Waals surface area (Å²) in [6, 6.07) is 8.05. The van der Waals surface area contributed by atoms with Gasteiger partial charge in [0.2, 0.25) is 5.91 Å². The minimum atomic E-state index is 0.106. The Morgan fingerprint density at radius 3 is 2.89 bits per heavy atom. The van der Waals surface area contributed by atoms with E-state index in [1.807, 2.05) is 24.3 Å². The lowest BCUT2D eigenvalue weighted by atomic mass is 10.2. The third-order valence-electron chi connectivity index (χ3n) is 3.62. The summed E-state index contributed by atoms with van der Waals surface area (Å²) in [5.41, 5.74) is 1.64. The van der Waals surface area contributed by atoms with E-state index in [2.05, 4.69) is 10.3 Å². The second-order valence-corrected chi connectivity index (χ2v) is 5.12. The fourth-order valence-corrected chi connectivity index (χ4v) is 2.62. The summed E-state index contributed by atoms with van der Waals surface area (Å²) in [6.45, 7) is 0. The molecule has 1 aromatic heterocycles. The molecule has 4 nitrogen and oxygen atoms in total. The zero-order valence-electron chi connectivity index (χ0n) is 10.9. The van der Waals surface area contributed by atoms with E-state index in [0.29, 0.717) is 24.8 Å². The molecule has 100 valence electrons. The van der Waals surface area contributed by atoms with E-state index in [4.69, 9.17) is 4.42 Å². The molecule has 4 heteroatoms. The number of fused-ring (bicyclic) bond motifs is 1. The van der Waals surface area contributed by atoms with E-state index < -0.39 is 0 Å². The first kappa shape index (κ1) is 12.2. The van der Waals surface area contributed by atoms with Crippen molar-refractivity contribution >= 4 is 17.0 Å². The molecule has 1 aliphatic carbocycles. The standard InChI is InChI=1S/C15H18N2O2/c18-14(16-11-5-1-2-6-11)9-10-15-17-12-7-3-4-8-13(12)19-15/h3-4,7-8,11H,1-2,5-6,9-10H2,(H,16,18). The molecule has 1 fully saturated rings. The highest BCUT2D eigenvalue weighted by Gasteiger charge is 2.17. The fourth-order valence-electron chi connectivity index (χ4n) is 2.62. The number of rotatable bonds is 4. The SMILES string of the molecule is O=C(CCc1nc2ccccc2o1)NC1CCCC1. The van der Waals surface area contributed by atoms with Gasteiger partial charge < -0.3 is 9.73 Å². The third kappa shape index (κ3) is 2.95. The Balaban J connectivity index is 1.54. The molecule has 1 N–H and O–H groups in total. The number of nitrogens with zero attached hydrogens (tertiary/aromatic N) is 1. The zero-order valence-corrected chi connectivity index (χ0v) is 10.9. The highest BCUT2D eigenvalue weighted by Crippen LogP contribution is 2.18. The Morgan fingerprint density at radius 2 is 2.11 bits per heavy atom. The van der Waals surface area contributed by atoms with Crippen molar-refractivity contribution in [2.45, 2.75) is 44.6 Å². The summed E-state index contributed by atoms with van der Waals surface area (Å²) in [7, 11) is 0. The molecular formula is C15H18N2O2.